The van der Waals surface area contributed by atoms with E-state index in [4.69, 9.17) is 5.11 Å². The summed E-state index contributed by atoms with van der Waals surface area (Å²) in [4.78, 5) is 26.6. The van der Waals surface area contributed by atoms with Crippen LogP contribution in [0, 0.1) is 0 Å². The largest absolute Gasteiger partial charge is 0.477 e. The number of aryl methyl sites for hydroxylation is 2. The molecular formula is C13H14N4O3. The van der Waals surface area contributed by atoms with Crippen LogP contribution in [0.15, 0.2) is 24.4 Å². The predicted molar refractivity (Wildman–Crippen MR) is 71.7 cm³/mol. The van der Waals surface area contributed by atoms with Gasteiger partial charge in [-0.25, -0.2) is 9.78 Å². The van der Waals surface area contributed by atoms with Crippen LogP contribution in [0.25, 0.3) is 0 Å². The fourth-order valence-electron chi connectivity index (χ4n) is 1.73. The van der Waals surface area contributed by atoms with Crippen molar-refractivity contribution in [1.82, 2.24) is 14.8 Å². The number of hydrogen-bond acceptors (Lipinski definition) is 4. The number of carboxylic acid groups (broad SMARTS) is 1. The minimum absolute atomic E-state index is 0.123. The normalized spacial score (nSPS) is 10.3. The molecule has 0 aliphatic carbocycles. The van der Waals surface area contributed by atoms with Crippen molar-refractivity contribution in [3.05, 3.63) is 41.5 Å². The van der Waals surface area contributed by atoms with E-state index in [-0.39, 0.29) is 11.6 Å². The average Bonchev–Trinajstić information content (AvgIpc) is 2.80. The molecule has 0 spiro atoms. The summed E-state index contributed by atoms with van der Waals surface area (Å²) in [6, 6.07) is 4.54. The Kier molecular flexibility index (Phi) is 3.79. The second-order valence-electron chi connectivity index (χ2n) is 4.19. The average molecular weight is 274 g/mol. The lowest BCUT2D eigenvalue weighted by molar-refractivity contribution is 0.0690. The second-order valence-corrected chi connectivity index (χ2v) is 4.19. The standard InChI is InChI=1S/C13H14N4O3/c1-3-8-7-11(17(2)16-8)12(18)15-9-4-5-14-10(6-9)13(19)20/h4-7H,3H2,1-2H3,(H,19,20)(H,14,15,18). The number of carbonyl (C=O) groups is 2. The van der Waals surface area contributed by atoms with Crippen molar-refractivity contribution >= 4 is 17.6 Å². The van der Waals surface area contributed by atoms with Crippen molar-refractivity contribution in [1.29, 1.82) is 0 Å². The van der Waals surface area contributed by atoms with E-state index >= 15 is 0 Å². The van der Waals surface area contributed by atoms with Crippen molar-refractivity contribution in [2.45, 2.75) is 13.3 Å². The number of anilines is 1. The third kappa shape index (κ3) is 2.82. The van der Waals surface area contributed by atoms with Crippen molar-refractivity contribution < 1.29 is 14.7 Å². The second kappa shape index (κ2) is 5.52. The molecule has 0 saturated heterocycles. The van der Waals surface area contributed by atoms with E-state index in [0.717, 1.165) is 12.1 Å². The summed E-state index contributed by atoms with van der Waals surface area (Å²) < 4.78 is 1.49. The van der Waals surface area contributed by atoms with Crippen LogP contribution < -0.4 is 5.32 Å². The maximum atomic E-state index is 12.1. The first-order valence-corrected chi connectivity index (χ1v) is 6.05. The lowest BCUT2D eigenvalue weighted by Gasteiger charge is -2.05. The molecule has 0 aromatic carbocycles. The summed E-state index contributed by atoms with van der Waals surface area (Å²) in [5, 5.41) is 15.7. The Morgan fingerprint density at radius 1 is 1.40 bits per heavy atom. The topological polar surface area (TPSA) is 97.1 Å². The first kappa shape index (κ1) is 13.7. The van der Waals surface area contributed by atoms with E-state index in [1.54, 1.807) is 13.1 Å². The highest BCUT2D eigenvalue weighted by atomic mass is 16.4. The summed E-state index contributed by atoms with van der Waals surface area (Å²) in [5.41, 5.74) is 1.48. The molecule has 2 heterocycles. The van der Waals surface area contributed by atoms with E-state index in [2.05, 4.69) is 15.4 Å². The van der Waals surface area contributed by atoms with Crippen LogP contribution in [0.1, 0.15) is 33.6 Å². The highest BCUT2D eigenvalue weighted by molar-refractivity contribution is 6.03. The molecule has 2 aromatic heterocycles. The lowest BCUT2D eigenvalue weighted by atomic mass is 10.2. The molecule has 20 heavy (non-hydrogen) atoms. The molecule has 0 aliphatic rings. The zero-order valence-corrected chi connectivity index (χ0v) is 11.1. The highest BCUT2D eigenvalue weighted by Crippen LogP contribution is 2.11. The van der Waals surface area contributed by atoms with Gasteiger partial charge in [-0.15, -0.1) is 0 Å². The quantitative estimate of drug-likeness (QED) is 0.876. The first-order valence-electron chi connectivity index (χ1n) is 6.05. The molecule has 0 unspecified atom stereocenters. The van der Waals surface area contributed by atoms with E-state index in [1.165, 1.54) is 23.0 Å². The van der Waals surface area contributed by atoms with Gasteiger partial charge in [0.05, 0.1) is 5.69 Å². The lowest BCUT2D eigenvalue weighted by Crippen LogP contribution is -2.16. The van der Waals surface area contributed by atoms with Gasteiger partial charge in [-0.2, -0.15) is 5.10 Å². The molecule has 2 N–H and O–H groups in total. The van der Waals surface area contributed by atoms with Gasteiger partial charge in [-0.3, -0.25) is 9.48 Å². The number of rotatable bonds is 4. The van der Waals surface area contributed by atoms with E-state index in [0.29, 0.717) is 11.4 Å². The van der Waals surface area contributed by atoms with Crippen LogP contribution in [-0.4, -0.2) is 31.7 Å². The zero-order chi connectivity index (χ0) is 14.7. The Bertz CT molecular complexity index is 663. The number of aromatic carboxylic acids is 1. The Morgan fingerprint density at radius 3 is 2.75 bits per heavy atom. The van der Waals surface area contributed by atoms with Gasteiger partial charge >= 0.3 is 5.97 Å². The van der Waals surface area contributed by atoms with Crippen LogP contribution in [0.3, 0.4) is 0 Å². The summed E-state index contributed by atoms with van der Waals surface area (Å²) >= 11 is 0. The fourth-order valence-corrected chi connectivity index (χ4v) is 1.73. The number of aromatic nitrogens is 3. The Hall–Kier alpha value is -2.70. The van der Waals surface area contributed by atoms with Gasteiger partial charge in [0, 0.05) is 18.9 Å². The Labute approximate surface area is 115 Å². The first-order chi connectivity index (χ1) is 9.51. The maximum absolute atomic E-state index is 12.1. The summed E-state index contributed by atoms with van der Waals surface area (Å²) in [6.07, 6.45) is 2.07. The van der Waals surface area contributed by atoms with Crippen LogP contribution >= 0.6 is 0 Å². The summed E-state index contributed by atoms with van der Waals surface area (Å²) in [6.45, 7) is 1.95. The van der Waals surface area contributed by atoms with E-state index in [1.807, 2.05) is 6.92 Å². The van der Waals surface area contributed by atoms with Gasteiger partial charge in [-0.05, 0) is 24.6 Å². The molecule has 0 bridgehead atoms. The zero-order valence-electron chi connectivity index (χ0n) is 11.1. The van der Waals surface area contributed by atoms with Crippen molar-refractivity contribution in [2.24, 2.45) is 7.05 Å². The minimum Gasteiger partial charge on any atom is -0.477 e. The molecule has 7 heteroatoms. The van der Waals surface area contributed by atoms with Gasteiger partial charge in [0.1, 0.15) is 11.4 Å². The van der Waals surface area contributed by atoms with E-state index in [9.17, 15) is 9.59 Å². The number of nitrogens with one attached hydrogen (secondary N) is 1. The Balaban J connectivity index is 2.21. The van der Waals surface area contributed by atoms with Crippen LogP contribution in [0.2, 0.25) is 0 Å². The summed E-state index contributed by atoms with van der Waals surface area (Å²) in [5.74, 6) is -1.49. The molecule has 2 rings (SSSR count). The van der Waals surface area contributed by atoms with Crippen molar-refractivity contribution in [2.75, 3.05) is 5.32 Å². The van der Waals surface area contributed by atoms with Crippen LogP contribution in [0.5, 0.6) is 0 Å². The number of pyridine rings is 1. The maximum Gasteiger partial charge on any atom is 0.354 e. The molecule has 1 amide bonds. The highest BCUT2D eigenvalue weighted by Gasteiger charge is 2.14. The van der Waals surface area contributed by atoms with Crippen molar-refractivity contribution in [3.63, 3.8) is 0 Å². The molecule has 2 aromatic rings. The van der Waals surface area contributed by atoms with Gasteiger partial charge in [0.2, 0.25) is 0 Å². The fraction of sp³-hybridized carbons (Fsp3) is 0.231. The molecule has 0 saturated carbocycles. The van der Waals surface area contributed by atoms with E-state index < -0.39 is 5.97 Å². The molecule has 7 nitrogen and oxygen atoms in total. The molecule has 0 atom stereocenters. The Morgan fingerprint density at radius 2 is 2.15 bits per heavy atom. The predicted octanol–water partition coefficient (Wildman–Crippen LogP) is 1.33. The smallest absolute Gasteiger partial charge is 0.354 e. The monoisotopic (exact) mass is 274 g/mol. The van der Waals surface area contributed by atoms with Gasteiger partial charge in [-0.1, -0.05) is 6.92 Å². The number of amides is 1. The van der Waals surface area contributed by atoms with Gasteiger partial charge in [0.15, 0.2) is 0 Å². The number of nitrogens with zero attached hydrogens (tertiary/aromatic N) is 3. The molecular weight excluding hydrogens is 260 g/mol. The third-order valence-electron chi connectivity index (χ3n) is 2.76. The molecule has 0 aliphatic heterocycles. The number of carboxylic acids is 1. The summed E-state index contributed by atoms with van der Waals surface area (Å²) in [7, 11) is 1.68. The molecule has 104 valence electrons. The van der Waals surface area contributed by atoms with Crippen molar-refractivity contribution in [3.8, 4) is 0 Å². The van der Waals surface area contributed by atoms with Gasteiger partial charge < -0.3 is 10.4 Å². The van der Waals surface area contributed by atoms with Crippen LogP contribution in [0.4, 0.5) is 5.69 Å². The molecule has 0 radical (unpaired) electrons. The molecule has 0 fully saturated rings. The minimum atomic E-state index is -1.14. The SMILES string of the molecule is CCc1cc(C(=O)Nc2ccnc(C(=O)O)c2)n(C)n1. The number of carbonyl (C=O) groups excluding carboxylic acids is 1. The van der Waals surface area contributed by atoms with Gasteiger partial charge in [0.25, 0.3) is 5.91 Å². The van der Waals surface area contributed by atoms with Crippen LogP contribution in [-0.2, 0) is 13.5 Å². The number of hydrogen-bond donors (Lipinski definition) is 2. The third-order valence-corrected chi connectivity index (χ3v) is 2.76.